The maximum absolute atomic E-state index is 6.20. The average molecular weight is 352 g/mol. The van der Waals surface area contributed by atoms with Crippen molar-refractivity contribution in [2.45, 2.75) is 13.3 Å². The topological polar surface area (TPSA) is 35.0 Å². The van der Waals surface area contributed by atoms with Gasteiger partial charge >= 0.3 is 0 Å². The fraction of sp³-hybridized carbons (Fsp3) is 0.0833. The van der Waals surface area contributed by atoms with Crippen molar-refractivity contribution in [3.8, 4) is 22.9 Å². The summed E-state index contributed by atoms with van der Waals surface area (Å²) in [5, 5.41) is 10.8. The Morgan fingerprint density at radius 1 is 0.815 bits per heavy atom. The van der Waals surface area contributed by atoms with Gasteiger partial charge < -0.3 is 4.74 Å². The van der Waals surface area contributed by atoms with Gasteiger partial charge in [-0.2, -0.15) is 0 Å². The van der Waals surface area contributed by atoms with Crippen LogP contribution in [0.4, 0.5) is 0 Å². The molecule has 0 amide bonds. The zero-order valence-electron chi connectivity index (χ0n) is 15.2. The second-order valence-corrected chi connectivity index (χ2v) is 6.61. The Balaban J connectivity index is 1.80. The van der Waals surface area contributed by atoms with Crippen molar-refractivity contribution in [3.63, 3.8) is 0 Å². The second-order valence-electron chi connectivity index (χ2n) is 6.61. The molecule has 1 heterocycles. The average Bonchev–Trinajstić information content (AvgIpc) is 2.70. The first-order chi connectivity index (χ1) is 13.2. The van der Waals surface area contributed by atoms with Crippen molar-refractivity contribution < 1.29 is 4.74 Å². The predicted octanol–water partition coefficient (Wildman–Crippen LogP) is 6.21. The summed E-state index contributed by atoms with van der Waals surface area (Å²) in [6.07, 6.45) is 0.767. The number of fused-ring (bicyclic) bond motifs is 1. The standard InChI is InChI=1S/C24H20N2O/c1-17(2)16-19-12-6-9-15-22(19)27-24-21-14-8-7-13-20(21)23(25-26-24)18-10-4-3-5-11-18/h3-15H,1,16H2,2H3. The minimum atomic E-state index is 0.513. The lowest BCUT2D eigenvalue weighted by Gasteiger charge is -2.13. The Kier molecular flexibility index (Phi) is 4.67. The van der Waals surface area contributed by atoms with Crippen molar-refractivity contribution in [3.05, 3.63) is 96.6 Å². The maximum atomic E-state index is 6.20. The van der Waals surface area contributed by atoms with Crippen LogP contribution in [-0.4, -0.2) is 10.2 Å². The summed E-state index contributed by atoms with van der Waals surface area (Å²) in [7, 11) is 0. The first-order valence-corrected chi connectivity index (χ1v) is 8.93. The molecule has 4 rings (SSSR count). The lowest BCUT2D eigenvalue weighted by molar-refractivity contribution is 0.457. The second kappa shape index (κ2) is 7.42. The van der Waals surface area contributed by atoms with E-state index in [0.29, 0.717) is 5.88 Å². The first-order valence-electron chi connectivity index (χ1n) is 8.93. The molecule has 0 radical (unpaired) electrons. The van der Waals surface area contributed by atoms with Gasteiger partial charge in [0.1, 0.15) is 11.4 Å². The third-order valence-electron chi connectivity index (χ3n) is 4.37. The van der Waals surface area contributed by atoms with Gasteiger partial charge in [-0.05, 0) is 31.0 Å². The molecule has 0 N–H and O–H groups in total. The van der Waals surface area contributed by atoms with E-state index in [1.165, 1.54) is 0 Å². The van der Waals surface area contributed by atoms with Gasteiger partial charge in [0.25, 0.3) is 0 Å². The summed E-state index contributed by atoms with van der Waals surface area (Å²) in [5.41, 5.74) is 4.06. The van der Waals surface area contributed by atoms with E-state index >= 15 is 0 Å². The molecule has 0 spiro atoms. The van der Waals surface area contributed by atoms with Crippen molar-refractivity contribution >= 4 is 10.8 Å². The van der Waals surface area contributed by atoms with E-state index in [4.69, 9.17) is 4.74 Å². The molecule has 3 nitrogen and oxygen atoms in total. The SMILES string of the molecule is C=C(C)Cc1ccccc1Oc1nnc(-c2ccccc2)c2ccccc12. The lowest BCUT2D eigenvalue weighted by atomic mass is 10.0. The van der Waals surface area contributed by atoms with Gasteiger partial charge in [-0.15, -0.1) is 10.2 Å². The molecule has 3 heteroatoms. The van der Waals surface area contributed by atoms with E-state index in [0.717, 1.165) is 45.3 Å². The summed E-state index contributed by atoms with van der Waals surface area (Å²) in [4.78, 5) is 0. The van der Waals surface area contributed by atoms with E-state index < -0.39 is 0 Å². The van der Waals surface area contributed by atoms with Crippen LogP contribution in [0.15, 0.2) is 91.0 Å². The molecule has 1 aromatic heterocycles. The number of aromatic nitrogens is 2. The third kappa shape index (κ3) is 3.58. The van der Waals surface area contributed by atoms with Crippen LogP contribution < -0.4 is 4.74 Å². The monoisotopic (exact) mass is 352 g/mol. The molecule has 0 bridgehead atoms. The zero-order chi connectivity index (χ0) is 18.6. The quantitative estimate of drug-likeness (QED) is 0.401. The van der Waals surface area contributed by atoms with Crippen molar-refractivity contribution in [1.29, 1.82) is 0 Å². The number of hydrogen-bond donors (Lipinski definition) is 0. The zero-order valence-corrected chi connectivity index (χ0v) is 15.2. The third-order valence-corrected chi connectivity index (χ3v) is 4.37. The van der Waals surface area contributed by atoms with Gasteiger partial charge in [-0.1, -0.05) is 78.9 Å². The fourth-order valence-corrected chi connectivity index (χ4v) is 3.14. The number of benzene rings is 3. The molecule has 0 fully saturated rings. The fourth-order valence-electron chi connectivity index (χ4n) is 3.14. The van der Waals surface area contributed by atoms with Crippen LogP contribution in [0.3, 0.4) is 0 Å². The largest absolute Gasteiger partial charge is 0.437 e. The Labute approximate surface area is 159 Å². The Morgan fingerprint density at radius 2 is 1.48 bits per heavy atom. The Hall–Kier alpha value is -3.46. The van der Waals surface area contributed by atoms with Crippen molar-refractivity contribution in [1.82, 2.24) is 10.2 Å². The summed E-state index contributed by atoms with van der Waals surface area (Å²) in [6.45, 7) is 6.02. The van der Waals surface area contributed by atoms with E-state index in [2.05, 4.69) is 28.9 Å². The van der Waals surface area contributed by atoms with Gasteiger partial charge in [-0.25, -0.2) is 0 Å². The highest BCUT2D eigenvalue weighted by molar-refractivity contribution is 5.97. The lowest BCUT2D eigenvalue weighted by Crippen LogP contribution is -1.98. The van der Waals surface area contributed by atoms with Crippen LogP contribution in [-0.2, 0) is 6.42 Å². The van der Waals surface area contributed by atoms with Gasteiger partial charge in [0, 0.05) is 16.3 Å². The number of ether oxygens (including phenoxy) is 1. The van der Waals surface area contributed by atoms with Gasteiger partial charge in [0.2, 0.25) is 5.88 Å². The van der Waals surface area contributed by atoms with Crippen LogP contribution >= 0.6 is 0 Å². The molecule has 3 aromatic carbocycles. The highest BCUT2D eigenvalue weighted by Crippen LogP contribution is 2.34. The maximum Gasteiger partial charge on any atom is 0.246 e. The molecule has 0 aliphatic carbocycles. The van der Waals surface area contributed by atoms with Crippen molar-refractivity contribution in [2.24, 2.45) is 0 Å². The van der Waals surface area contributed by atoms with E-state index in [1.54, 1.807) is 0 Å². The van der Waals surface area contributed by atoms with Crippen LogP contribution in [0.25, 0.3) is 22.0 Å². The molecule has 0 unspecified atom stereocenters. The van der Waals surface area contributed by atoms with Crippen LogP contribution in [0.1, 0.15) is 12.5 Å². The van der Waals surface area contributed by atoms with Gasteiger partial charge in [0.15, 0.2) is 0 Å². The molecule has 0 atom stereocenters. The Bertz CT molecular complexity index is 1100. The van der Waals surface area contributed by atoms with Gasteiger partial charge in [-0.3, -0.25) is 0 Å². The van der Waals surface area contributed by atoms with E-state index in [9.17, 15) is 0 Å². The van der Waals surface area contributed by atoms with Crippen LogP contribution in [0.5, 0.6) is 11.6 Å². The summed E-state index contributed by atoms with van der Waals surface area (Å²) < 4.78 is 6.20. The van der Waals surface area contributed by atoms with E-state index in [1.807, 2.05) is 73.7 Å². The smallest absolute Gasteiger partial charge is 0.246 e. The summed E-state index contributed by atoms with van der Waals surface area (Å²) in [6, 6.07) is 26.1. The minimum absolute atomic E-state index is 0.513. The van der Waals surface area contributed by atoms with Crippen LogP contribution in [0, 0.1) is 0 Å². The Morgan fingerprint density at radius 3 is 2.26 bits per heavy atom. The highest BCUT2D eigenvalue weighted by atomic mass is 16.5. The summed E-state index contributed by atoms with van der Waals surface area (Å²) in [5.74, 6) is 1.30. The molecule has 4 aromatic rings. The van der Waals surface area contributed by atoms with Crippen molar-refractivity contribution in [2.75, 3.05) is 0 Å². The minimum Gasteiger partial charge on any atom is -0.437 e. The number of rotatable bonds is 5. The summed E-state index contributed by atoms with van der Waals surface area (Å²) >= 11 is 0. The normalized spacial score (nSPS) is 10.7. The molecular formula is C24H20N2O. The number of allylic oxidation sites excluding steroid dienone is 1. The predicted molar refractivity (Wildman–Crippen MR) is 110 cm³/mol. The number of hydrogen-bond acceptors (Lipinski definition) is 3. The number of nitrogens with zero attached hydrogens (tertiary/aromatic N) is 2. The van der Waals surface area contributed by atoms with Crippen LogP contribution in [0.2, 0.25) is 0 Å². The van der Waals surface area contributed by atoms with Gasteiger partial charge in [0.05, 0.1) is 0 Å². The highest BCUT2D eigenvalue weighted by Gasteiger charge is 2.13. The molecule has 0 saturated heterocycles. The molecular weight excluding hydrogens is 332 g/mol. The molecule has 132 valence electrons. The molecule has 0 aliphatic rings. The number of para-hydroxylation sites is 1. The molecule has 27 heavy (non-hydrogen) atoms. The first kappa shape index (κ1) is 17.0. The van der Waals surface area contributed by atoms with E-state index in [-0.39, 0.29) is 0 Å². The molecule has 0 aliphatic heterocycles. The molecule has 0 saturated carbocycles.